The van der Waals surface area contributed by atoms with Crippen LogP contribution in [0.2, 0.25) is 0 Å². The van der Waals surface area contributed by atoms with Crippen LogP contribution in [0.1, 0.15) is 13.8 Å². The summed E-state index contributed by atoms with van der Waals surface area (Å²) in [4.78, 5) is 37.2. The minimum absolute atomic E-state index is 0.102. The Morgan fingerprint density at radius 3 is 2.68 bits per heavy atom. The third-order valence-electron chi connectivity index (χ3n) is 4.29. The van der Waals surface area contributed by atoms with Gasteiger partial charge in [-0.1, -0.05) is 12.1 Å². The maximum absolute atomic E-state index is 12.5. The van der Waals surface area contributed by atoms with Gasteiger partial charge in [0.1, 0.15) is 12.3 Å². The number of anilines is 1. The maximum Gasteiger partial charge on any atom is 0.337 e. The van der Waals surface area contributed by atoms with Gasteiger partial charge in [0.15, 0.2) is 6.54 Å². The van der Waals surface area contributed by atoms with Crippen LogP contribution in [0, 0.1) is 0 Å². The van der Waals surface area contributed by atoms with Crippen molar-refractivity contribution in [2.75, 3.05) is 45.2 Å². The quantitative estimate of drug-likeness (QED) is 0.431. The molecule has 152 valence electrons. The van der Waals surface area contributed by atoms with Gasteiger partial charge in [-0.05, 0) is 26.0 Å². The molecule has 1 aliphatic heterocycles. The molecule has 9 nitrogen and oxygen atoms in total. The molecule has 3 amide bonds. The highest BCUT2D eigenvalue weighted by Gasteiger charge is 2.27. The number of carbonyl (C=O) groups excluding carboxylic acids is 3. The van der Waals surface area contributed by atoms with Crippen molar-refractivity contribution < 1.29 is 28.8 Å². The third-order valence-corrected chi connectivity index (χ3v) is 4.29. The number of hydrogen-bond acceptors (Lipinski definition) is 5. The lowest BCUT2D eigenvalue weighted by Gasteiger charge is -2.24. The fourth-order valence-electron chi connectivity index (χ4n) is 2.83. The molecular weight excluding hydrogens is 364 g/mol. The topological polar surface area (TPSA) is 110 Å². The molecular formula is C19H27N4O5+. The van der Waals surface area contributed by atoms with Crippen molar-refractivity contribution in [3.05, 3.63) is 35.5 Å². The molecule has 1 aromatic carbocycles. The maximum atomic E-state index is 12.5. The van der Waals surface area contributed by atoms with Gasteiger partial charge >= 0.3 is 12.0 Å². The van der Waals surface area contributed by atoms with Crippen molar-refractivity contribution in [1.82, 2.24) is 10.6 Å². The first-order valence-corrected chi connectivity index (χ1v) is 9.18. The fourth-order valence-corrected chi connectivity index (χ4v) is 2.83. The highest BCUT2D eigenvalue weighted by molar-refractivity contribution is 5.94. The smallest absolute Gasteiger partial charge is 0.337 e. The molecule has 0 aromatic heterocycles. The summed E-state index contributed by atoms with van der Waals surface area (Å²) >= 11 is 0. The van der Waals surface area contributed by atoms with Gasteiger partial charge in [-0.15, -0.1) is 0 Å². The molecule has 1 aromatic rings. The van der Waals surface area contributed by atoms with E-state index in [-0.39, 0.29) is 31.6 Å². The molecule has 0 fully saturated rings. The van der Waals surface area contributed by atoms with E-state index in [2.05, 4.69) is 16.0 Å². The molecule has 0 radical (unpaired) electrons. The molecule has 0 bridgehead atoms. The average molecular weight is 391 g/mol. The van der Waals surface area contributed by atoms with Crippen molar-refractivity contribution in [2.45, 2.75) is 13.8 Å². The minimum atomic E-state index is -0.473. The van der Waals surface area contributed by atoms with Gasteiger partial charge in [-0.3, -0.25) is 4.79 Å². The van der Waals surface area contributed by atoms with Crippen LogP contribution in [0.5, 0.6) is 5.75 Å². The number of benzene rings is 1. The Morgan fingerprint density at radius 2 is 2.00 bits per heavy atom. The van der Waals surface area contributed by atoms with Gasteiger partial charge in [0.2, 0.25) is 0 Å². The number of quaternary nitrogens is 1. The average Bonchev–Trinajstić information content (AvgIpc) is 2.68. The Labute approximate surface area is 164 Å². The Morgan fingerprint density at radius 1 is 1.25 bits per heavy atom. The summed E-state index contributed by atoms with van der Waals surface area (Å²) in [6.45, 7) is 5.11. The molecule has 0 saturated carbocycles. The number of likely N-dealkylation sites (N-methyl/N-ethyl adjacent to an activating group) is 1. The lowest BCUT2D eigenvalue weighted by Crippen LogP contribution is -3.13. The van der Waals surface area contributed by atoms with Crippen LogP contribution in [0.15, 0.2) is 35.5 Å². The van der Waals surface area contributed by atoms with E-state index < -0.39 is 5.97 Å². The summed E-state index contributed by atoms with van der Waals surface area (Å²) in [6.07, 6.45) is 0. The van der Waals surface area contributed by atoms with Gasteiger partial charge in [-0.25, -0.2) is 9.59 Å². The van der Waals surface area contributed by atoms with Gasteiger partial charge in [0.25, 0.3) is 5.91 Å². The number of hydrogen-bond donors (Lipinski definition) is 4. The minimum Gasteiger partial charge on any atom is -0.495 e. The van der Waals surface area contributed by atoms with Gasteiger partial charge in [0, 0.05) is 0 Å². The van der Waals surface area contributed by atoms with Crippen molar-refractivity contribution in [2.24, 2.45) is 0 Å². The standard InChI is InChI=1S/C19H26N4O5/c1-4-23(12-17(24)21-14-8-6-7-9-16(14)27-3)11-15-13(18(25)28-5-2)10-20-19(26)22-15/h6-9H,4-5,10-12H2,1-3H3,(H,21,24)(H2,20,22,26)/p+1. The normalized spacial score (nSPS) is 14.6. The molecule has 1 aliphatic rings. The number of esters is 1. The van der Waals surface area contributed by atoms with Gasteiger partial charge in [-0.2, -0.15) is 0 Å². The Balaban J connectivity index is 2.08. The summed E-state index contributed by atoms with van der Waals surface area (Å²) < 4.78 is 10.3. The van der Waals surface area contributed by atoms with E-state index >= 15 is 0 Å². The zero-order valence-corrected chi connectivity index (χ0v) is 16.4. The van der Waals surface area contributed by atoms with E-state index in [0.29, 0.717) is 35.8 Å². The first-order valence-electron chi connectivity index (χ1n) is 9.18. The number of ether oxygens (including phenoxy) is 2. The fraction of sp³-hybridized carbons (Fsp3) is 0.421. The van der Waals surface area contributed by atoms with E-state index in [9.17, 15) is 14.4 Å². The zero-order chi connectivity index (χ0) is 20.5. The van der Waals surface area contributed by atoms with Crippen LogP contribution in [0.3, 0.4) is 0 Å². The molecule has 2 rings (SSSR count). The molecule has 0 saturated heterocycles. The molecule has 1 atom stereocenters. The van der Waals surface area contributed by atoms with Crippen molar-refractivity contribution in [1.29, 1.82) is 0 Å². The van der Waals surface area contributed by atoms with Gasteiger partial charge < -0.3 is 30.3 Å². The lowest BCUT2D eigenvalue weighted by molar-refractivity contribution is -0.885. The van der Waals surface area contributed by atoms with Crippen LogP contribution in [0.4, 0.5) is 10.5 Å². The van der Waals surface area contributed by atoms with Crippen molar-refractivity contribution in [3.8, 4) is 5.75 Å². The predicted octanol–water partition coefficient (Wildman–Crippen LogP) is -0.331. The number of methoxy groups -OCH3 is 1. The lowest BCUT2D eigenvalue weighted by atomic mass is 10.1. The molecule has 4 N–H and O–H groups in total. The Bertz CT molecular complexity index is 762. The van der Waals surface area contributed by atoms with Crippen LogP contribution in [0.25, 0.3) is 0 Å². The number of nitrogens with one attached hydrogen (secondary N) is 4. The zero-order valence-electron chi connectivity index (χ0n) is 16.4. The summed E-state index contributed by atoms with van der Waals surface area (Å²) in [5.74, 6) is -0.0920. The molecule has 9 heteroatoms. The molecule has 0 spiro atoms. The highest BCUT2D eigenvalue weighted by atomic mass is 16.5. The van der Waals surface area contributed by atoms with E-state index in [4.69, 9.17) is 9.47 Å². The molecule has 0 aliphatic carbocycles. The third kappa shape index (κ3) is 5.71. The van der Waals surface area contributed by atoms with Crippen molar-refractivity contribution in [3.63, 3.8) is 0 Å². The SMILES string of the molecule is CCOC(=O)C1=C(C[NH+](CC)CC(=O)Nc2ccccc2OC)NC(=O)NC1. The van der Waals surface area contributed by atoms with E-state index in [0.717, 1.165) is 4.90 Å². The van der Waals surface area contributed by atoms with E-state index in [1.807, 2.05) is 19.1 Å². The number of amides is 3. The van der Waals surface area contributed by atoms with E-state index in [1.165, 1.54) is 7.11 Å². The second-order valence-corrected chi connectivity index (χ2v) is 6.19. The number of para-hydroxylation sites is 2. The second kappa shape index (κ2) is 10.3. The predicted molar refractivity (Wildman–Crippen MR) is 103 cm³/mol. The summed E-state index contributed by atoms with van der Waals surface area (Å²) in [6, 6.07) is 6.78. The van der Waals surface area contributed by atoms with Crippen molar-refractivity contribution >= 4 is 23.6 Å². The first kappa shape index (κ1) is 21.2. The largest absolute Gasteiger partial charge is 0.495 e. The first-order chi connectivity index (χ1) is 13.5. The molecule has 1 unspecified atom stereocenters. The molecule has 28 heavy (non-hydrogen) atoms. The van der Waals surface area contributed by atoms with Gasteiger partial charge in [0.05, 0.1) is 43.8 Å². The second-order valence-electron chi connectivity index (χ2n) is 6.19. The number of rotatable bonds is 9. The summed E-state index contributed by atoms with van der Waals surface area (Å²) in [7, 11) is 1.54. The summed E-state index contributed by atoms with van der Waals surface area (Å²) in [5, 5.41) is 8.07. The Hall–Kier alpha value is -3.07. The van der Waals surface area contributed by atoms with Crippen LogP contribution >= 0.6 is 0 Å². The number of urea groups is 1. The van der Waals surface area contributed by atoms with Crippen LogP contribution < -0.4 is 25.6 Å². The highest BCUT2D eigenvalue weighted by Crippen LogP contribution is 2.22. The number of carbonyl (C=O) groups is 3. The Kier molecular flexibility index (Phi) is 7.82. The van der Waals surface area contributed by atoms with Crippen LogP contribution in [-0.2, 0) is 14.3 Å². The van der Waals surface area contributed by atoms with E-state index in [1.54, 1.807) is 19.1 Å². The van der Waals surface area contributed by atoms with Crippen LogP contribution in [-0.4, -0.2) is 57.8 Å². The molecule has 1 heterocycles. The summed E-state index contributed by atoms with van der Waals surface area (Å²) in [5.41, 5.74) is 1.44. The monoisotopic (exact) mass is 391 g/mol.